The zero-order valence-corrected chi connectivity index (χ0v) is 9.06. The molecule has 0 aliphatic carbocycles. The molecule has 1 aromatic rings. The van der Waals surface area contributed by atoms with E-state index in [-0.39, 0.29) is 18.0 Å². The minimum atomic E-state index is -0.0950. The van der Waals surface area contributed by atoms with Crippen LogP contribution in [0.15, 0.2) is 29.2 Å². The van der Waals surface area contributed by atoms with Crippen LogP contribution in [-0.2, 0) is 4.79 Å². The summed E-state index contributed by atoms with van der Waals surface area (Å²) in [7, 11) is 0. The Hall–Kier alpha value is -1.09. The second-order valence-electron chi connectivity index (χ2n) is 3.00. The first-order valence-electron chi connectivity index (χ1n) is 4.31. The lowest BCUT2D eigenvalue weighted by molar-refractivity contribution is -0.116. The molecule has 0 bridgehead atoms. The molecule has 0 saturated heterocycles. The van der Waals surface area contributed by atoms with Gasteiger partial charge in [-0.1, -0.05) is 18.2 Å². The van der Waals surface area contributed by atoms with Gasteiger partial charge in [-0.05, 0) is 19.2 Å². The smallest absolute Gasteiger partial charge is 0.171 e. The molecule has 2 nitrogen and oxygen atoms in total. The van der Waals surface area contributed by atoms with Gasteiger partial charge < -0.3 is 0 Å². The van der Waals surface area contributed by atoms with Gasteiger partial charge in [-0.2, -0.15) is 0 Å². The molecule has 0 fully saturated rings. The van der Waals surface area contributed by atoms with Gasteiger partial charge in [-0.15, -0.1) is 11.8 Å². The highest BCUT2D eigenvalue weighted by Crippen LogP contribution is 2.20. The molecule has 0 spiro atoms. The molecule has 0 atom stereocenters. The van der Waals surface area contributed by atoms with E-state index in [2.05, 4.69) is 0 Å². The molecule has 14 heavy (non-hydrogen) atoms. The highest BCUT2D eigenvalue weighted by Gasteiger charge is 2.11. The third kappa shape index (κ3) is 2.70. The number of hydrogen-bond acceptors (Lipinski definition) is 3. The van der Waals surface area contributed by atoms with Crippen LogP contribution >= 0.6 is 11.8 Å². The van der Waals surface area contributed by atoms with Gasteiger partial charge in [0.1, 0.15) is 5.78 Å². The molecule has 1 rings (SSSR count). The lowest BCUT2D eigenvalue weighted by atomic mass is 10.1. The van der Waals surface area contributed by atoms with Crippen molar-refractivity contribution in [3.05, 3.63) is 29.8 Å². The summed E-state index contributed by atoms with van der Waals surface area (Å²) in [5.74, 6) is -0.187. The van der Waals surface area contributed by atoms with E-state index in [0.29, 0.717) is 5.56 Å². The summed E-state index contributed by atoms with van der Waals surface area (Å²) in [4.78, 5) is 23.3. The lowest BCUT2D eigenvalue weighted by Crippen LogP contribution is -2.05. The second kappa shape index (κ2) is 4.96. The molecule has 0 amide bonds. The van der Waals surface area contributed by atoms with Crippen molar-refractivity contribution < 1.29 is 9.59 Å². The monoisotopic (exact) mass is 208 g/mol. The van der Waals surface area contributed by atoms with Crippen molar-refractivity contribution in [3.63, 3.8) is 0 Å². The molecule has 0 heterocycles. The predicted molar refractivity (Wildman–Crippen MR) is 57.9 cm³/mol. The summed E-state index contributed by atoms with van der Waals surface area (Å²) in [6.45, 7) is 1.43. The highest BCUT2D eigenvalue weighted by atomic mass is 32.2. The molecule has 0 aromatic heterocycles. The average molecular weight is 208 g/mol. The molecule has 0 N–H and O–H groups in total. The van der Waals surface area contributed by atoms with Crippen LogP contribution in [0.1, 0.15) is 23.7 Å². The summed E-state index contributed by atoms with van der Waals surface area (Å²) < 4.78 is 0. The highest BCUT2D eigenvalue weighted by molar-refractivity contribution is 7.98. The van der Waals surface area contributed by atoms with Crippen molar-refractivity contribution in [1.82, 2.24) is 0 Å². The van der Waals surface area contributed by atoms with E-state index in [1.165, 1.54) is 18.7 Å². The minimum Gasteiger partial charge on any atom is -0.300 e. The molecular weight excluding hydrogens is 196 g/mol. The fourth-order valence-corrected chi connectivity index (χ4v) is 1.81. The zero-order chi connectivity index (χ0) is 10.6. The molecule has 3 heteroatoms. The van der Waals surface area contributed by atoms with Gasteiger partial charge in [0, 0.05) is 10.5 Å². The van der Waals surface area contributed by atoms with Crippen LogP contribution in [0.4, 0.5) is 0 Å². The Bertz CT molecular complexity index is 358. The molecule has 0 saturated carbocycles. The van der Waals surface area contributed by atoms with Gasteiger partial charge in [0.2, 0.25) is 0 Å². The van der Waals surface area contributed by atoms with Crippen LogP contribution in [0, 0.1) is 0 Å². The van der Waals surface area contributed by atoms with Crippen molar-refractivity contribution in [2.24, 2.45) is 0 Å². The minimum absolute atomic E-state index is 0.00241. The number of benzene rings is 1. The van der Waals surface area contributed by atoms with Gasteiger partial charge >= 0.3 is 0 Å². The first-order chi connectivity index (χ1) is 6.65. The zero-order valence-electron chi connectivity index (χ0n) is 8.24. The Morgan fingerprint density at radius 1 is 1.29 bits per heavy atom. The maximum Gasteiger partial charge on any atom is 0.171 e. The summed E-state index contributed by atoms with van der Waals surface area (Å²) in [5.41, 5.74) is 0.648. The van der Waals surface area contributed by atoms with E-state index in [0.717, 1.165) is 4.90 Å². The Labute approximate surface area is 87.7 Å². The van der Waals surface area contributed by atoms with Crippen molar-refractivity contribution in [1.29, 1.82) is 0 Å². The summed E-state index contributed by atoms with van der Waals surface area (Å²) in [6.07, 6.45) is 1.91. The van der Waals surface area contributed by atoms with E-state index in [9.17, 15) is 9.59 Å². The second-order valence-corrected chi connectivity index (χ2v) is 3.85. The van der Waals surface area contributed by atoms with Crippen LogP contribution in [0.2, 0.25) is 0 Å². The van der Waals surface area contributed by atoms with Crippen LogP contribution < -0.4 is 0 Å². The number of carbonyl (C=O) groups is 2. The van der Waals surface area contributed by atoms with Gasteiger partial charge in [-0.25, -0.2) is 0 Å². The largest absolute Gasteiger partial charge is 0.300 e. The third-order valence-electron chi connectivity index (χ3n) is 1.82. The van der Waals surface area contributed by atoms with Crippen molar-refractivity contribution in [3.8, 4) is 0 Å². The number of ketones is 2. The van der Waals surface area contributed by atoms with Crippen molar-refractivity contribution in [2.75, 3.05) is 6.26 Å². The van der Waals surface area contributed by atoms with E-state index < -0.39 is 0 Å². The number of hydrogen-bond donors (Lipinski definition) is 0. The average Bonchev–Trinajstić information content (AvgIpc) is 2.16. The number of rotatable bonds is 4. The first kappa shape index (κ1) is 11.0. The Balaban J connectivity index is 2.94. The van der Waals surface area contributed by atoms with Gasteiger partial charge in [0.05, 0.1) is 6.42 Å². The quantitative estimate of drug-likeness (QED) is 0.433. The number of Topliss-reactive ketones (excluding diaryl/α,β-unsaturated/α-hetero) is 2. The molecule has 0 radical (unpaired) electrons. The van der Waals surface area contributed by atoms with E-state index in [1.54, 1.807) is 6.07 Å². The van der Waals surface area contributed by atoms with Crippen LogP contribution in [0.3, 0.4) is 0 Å². The molecule has 74 valence electrons. The summed E-state index contributed by atoms with van der Waals surface area (Å²) in [6, 6.07) is 7.35. The number of carbonyl (C=O) groups excluding carboxylic acids is 2. The SMILES string of the molecule is CSc1ccccc1C(=O)CC(C)=O. The lowest BCUT2D eigenvalue weighted by Gasteiger charge is -2.04. The fraction of sp³-hybridized carbons (Fsp3) is 0.273. The molecule has 0 unspecified atom stereocenters. The normalized spacial score (nSPS) is 9.86. The van der Waals surface area contributed by atoms with Crippen molar-refractivity contribution in [2.45, 2.75) is 18.2 Å². The molecular formula is C11H12O2S. The van der Waals surface area contributed by atoms with E-state index in [4.69, 9.17) is 0 Å². The van der Waals surface area contributed by atoms with Gasteiger partial charge in [0.15, 0.2) is 5.78 Å². The van der Waals surface area contributed by atoms with Crippen LogP contribution in [0.5, 0.6) is 0 Å². The molecule has 1 aromatic carbocycles. The molecule has 0 aliphatic rings. The Kier molecular flexibility index (Phi) is 3.89. The van der Waals surface area contributed by atoms with Crippen molar-refractivity contribution >= 4 is 23.3 Å². The Morgan fingerprint density at radius 3 is 2.50 bits per heavy atom. The van der Waals surface area contributed by atoms with Crippen LogP contribution in [0.25, 0.3) is 0 Å². The van der Waals surface area contributed by atoms with Crippen LogP contribution in [-0.4, -0.2) is 17.8 Å². The van der Waals surface area contributed by atoms with E-state index >= 15 is 0 Å². The summed E-state index contributed by atoms with van der Waals surface area (Å²) >= 11 is 1.52. The third-order valence-corrected chi connectivity index (χ3v) is 2.61. The topological polar surface area (TPSA) is 34.1 Å². The first-order valence-corrected chi connectivity index (χ1v) is 5.53. The fourth-order valence-electron chi connectivity index (χ4n) is 1.20. The summed E-state index contributed by atoms with van der Waals surface area (Å²) in [5, 5.41) is 0. The molecule has 0 aliphatic heterocycles. The standard InChI is InChI=1S/C11H12O2S/c1-8(12)7-10(13)9-5-3-4-6-11(9)14-2/h3-6H,7H2,1-2H3. The van der Waals surface area contributed by atoms with Gasteiger partial charge in [0.25, 0.3) is 0 Å². The maximum atomic E-state index is 11.6. The van der Waals surface area contributed by atoms with E-state index in [1.807, 2.05) is 24.5 Å². The Morgan fingerprint density at radius 2 is 1.93 bits per heavy atom. The predicted octanol–water partition coefficient (Wildman–Crippen LogP) is 2.57. The maximum absolute atomic E-state index is 11.6. The number of thioether (sulfide) groups is 1. The van der Waals surface area contributed by atoms with Gasteiger partial charge in [-0.3, -0.25) is 9.59 Å².